The third-order valence-corrected chi connectivity index (χ3v) is 1.38. The first kappa shape index (κ1) is 8.74. The van der Waals surface area contributed by atoms with Gasteiger partial charge in [0.1, 0.15) is 0 Å². The third kappa shape index (κ3) is 5.61. The molecular formula is C9H17. The van der Waals surface area contributed by atoms with Gasteiger partial charge in [0.15, 0.2) is 0 Å². The summed E-state index contributed by atoms with van der Waals surface area (Å²) < 4.78 is 0. The van der Waals surface area contributed by atoms with Crippen LogP contribution in [-0.2, 0) is 0 Å². The van der Waals surface area contributed by atoms with Crippen molar-refractivity contribution in [3.8, 4) is 0 Å². The first-order valence-corrected chi connectivity index (χ1v) is 3.77. The molecule has 0 bridgehead atoms. The summed E-state index contributed by atoms with van der Waals surface area (Å²) in [7, 11) is 0. The van der Waals surface area contributed by atoms with E-state index in [9.17, 15) is 0 Å². The molecule has 0 aliphatic heterocycles. The molecule has 1 unspecified atom stereocenters. The lowest BCUT2D eigenvalue weighted by atomic mass is 10.1. The van der Waals surface area contributed by atoms with Crippen molar-refractivity contribution in [2.75, 3.05) is 0 Å². The van der Waals surface area contributed by atoms with E-state index < -0.39 is 0 Å². The molecule has 0 heterocycles. The van der Waals surface area contributed by atoms with Crippen molar-refractivity contribution in [2.45, 2.75) is 33.1 Å². The molecule has 0 aliphatic carbocycles. The van der Waals surface area contributed by atoms with Crippen LogP contribution in [0.3, 0.4) is 0 Å². The van der Waals surface area contributed by atoms with Crippen LogP contribution in [0.25, 0.3) is 0 Å². The molecule has 0 saturated heterocycles. The predicted octanol–water partition coefficient (Wildman–Crippen LogP) is 3.20. The predicted molar refractivity (Wildman–Crippen MR) is 43.2 cm³/mol. The summed E-state index contributed by atoms with van der Waals surface area (Å²) in [4.78, 5) is 0. The Hall–Kier alpha value is -0.260. The summed E-state index contributed by atoms with van der Waals surface area (Å²) in [6, 6.07) is 0. The fourth-order valence-electron chi connectivity index (χ4n) is 0.591. The Morgan fingerprint density at radius 1 is 1.56 bits per heavy atom. The number of allylic oxidation sites excluding steroid dienone is 2. The summed E-state index contributed by atoms with van der Waals surface area (Å²) in [5.41, 5.74) is 0. The summed E-state index contributed by atoms with van der Waals surface area (Å²) in [5, 5.41) is 0. The highest BCUT2D eigenvalue weighted by Crippen LogP contribution is 2.02. The van der Waals surface area contributed by atoms with Crippen LogP contribution in [0.4, 0.5) is 0 Å². The van der Waals surface area contributed by atoms with Gasteiger partial charge < -0.3 is 0 Å². The van der Waals surface area contributed by atoms with Gasteiger partial charge in [0.05, 0.1) is 0 Å². The van der Waals surface area contributed by atoms with Crippen LogP contribution in [0.2, 0.25) is 0 Å². The van der Waals surface area contributed by atoms with Crippen molar-refractivity contribution in [1.82, 2.24) is 0 Å². The van der Waals surface area contributed by atoms with E-state index in [0.29, 0.717) is 5.92 Å². The monoisotopic (exact) mass is 125 g/mol. The highest BCUT2D eigenvalue weighted by atomic mass is 13.9. The quantitative estimate of drug-likeness (QED) is 0.506. The fraction of sp³-hybridized carbons (Fsp3) is 0.667. The van der Waals surface area contributed by atoms with Crippen LogP contribution in [-0.4, -0.2) is 0 Å². The van der Waals surface area contributed by atoms with Crippen molar-refractivity contribution in [2.24, 2.45) is 5.92 Å². The molecule has 0 nitrogen and oxygen atoms in total. The number of hydrogen-bond acceptors (Lipinski definition) is 0. The SMILES string of the molecule is [CH2]CC(C)C=CCCC. The maximum atomic E-state index is 3.81. The summed E-state index contributed by atoms with van der Waals surface area (Å²) >= 11 is 0. The molecular weight excluding hydrogens is 108 g/mol. The Labute approximate surface area is 59.0 Å². The highest BCUT2D eigenvalue weighted by Gasteiger charge is 1.87. The van der Waals surface area contributed by atoms with Crippen molar-refractivity contribution in [1.29, 1.82) is 0 Å². The van der Waals surface area contributed by atoms with Crippen LogP contribution in [0.1, 0.15) is 33.1 Å². The van der Waals surface area contributed by atoms with Crippen LogP contribution in [0.15, 0.2) is 12.2 Å². The van der Waals surface area contributed by atoms with Crippen LogP contribution in [0.5, 0.6) is 0 Å². The second-order valence-electron chi connectivity index (χ2n) is 2.48. The molecule has 0 aliphatic rings. The highest BCUT2D eigenvalue weighted by molar-refractivity contribution is 4.86. The van der Waals surface area contributed by atoms with Crippen LogP contribution in [0, 0.1) is 12.8 Å². The molecule has 0 aromatic heterocycles. The molecule has 9 heavy (non-hydrogen) atoms. The summed E-state index contributed by atoms with van der Waals surface area (Å²) in [6.45, 7) is 8.20. The van der Waals surface area contributed by atoms with E-state index in [4.69, 9.17) is 0 Å². The van der Waals surface area contributed by atoms with Gasteiger partial charge in [-0.1, -0.05) is 39.3 Å². The lowest BCUT2D eigenvalue weighted by Crippen LogP contribution is -1.83. The standard InChI is InChI=1S/C9H17/c1-4-6-7-8-9(3)5-2/h7-9H,2,4-6H2,1,3H3. The normalized spacial score (nSPS) is 14.6. The molecule has 1 radical (unpaired) electrons. The van der Waals surface area contributed by atoms with E-state index in [-0.39, 0.29) is 0 Å². The van der Waals surface area contributed by atoms with Gasteiger partial charge in [0, 0.05) is 0 Å². The Morgan fingerprint density at radius 2 is 2.22 bits per heavy atom. The molecule has 0 heteroatoms. The van der Waals surface area contributed by atoms with Gasteiger partial charge in [0.25, 0.3) is 0 Å². The van der Waals surface area contributed by atoms with Gasteiger partial charge in [0.2, 0.25) is 0 Å². The molecule has 0 aromatic carbocycles. The van der Waals surface area contributed by atoms with Gasteiger partial charge >= 0.3 is 0 Å². The van der Waals surface area contributed by atoms with E-state index in [1.807, 2.05) is 0 Å². The van der Waals surface area contributed by atoms with Crippen LogP contribution < -0.4 is 0 Å². The lowest BCUT2D eigenvalue weighted by Gasteiger charge is -1.97. The maximum absolute atomic E-state index is 3.81. The van der Waals surface area contributed by atoms with E-state index in [0.717, 1.165) is 6.42 Å². The van der Waals surface area contributed by atoms with Crippen molar-refractivity contribution in [3.05, 3.63) is 19.1 Å². The Bertz CT molecular complexity index is 72.1. The van der Waals surface area contributed by atoms with Crippen molar-refractivity contribution < 1.29 is 0 Å². The average Bonchev–Trinajstić information content (AvgIpc) is 1.89. The largest absolute Gasteiger partial charge is 0.0883 e. The zero-order valence-corrected chi connectivity index (χ0v) is 6.56. The molecule has 0 N–H and O–H groups in total. The third-order valence-electron chi connectivity index (χ3n) is 1.38. The maximum Gasteiger partial charge on any atom is -0.0262 e. The molecule has 53 valence electrons. The fourth-order valence-corrected chi connectivity index (χ4v) is 0.591. The van der Waals surface area contributed by atoms with Gasteiger partial charge in [-0.15, -0.1) is 0 Å². The molecule has 0 spiro atoms. The first-order valence-electron chi connectivity index (χ1n) is 3.77. The minimum Gasteiger partial charge on any atom is -0.0883 e. The van der Waals surface area contributed by atoms with E-state index in [1.165, 1.54) is 12.8 Å². The first-order chi connectivity index (χ1) is 4.31. The molecule has 1 atom stereocenters. The van der Waals surface area contributed by atoms with Gasteiger partial charge in [-0.05, 0) is 18.8 Å². The van der Waals surface area contributed by atoms with Gasteiger partial charge in [-0.2, -0.15) is 0 Å². The van der Waals surface area contributed by atoms with E-state index in [1.54, 1.807) is 0 Å². The minimum absolute atomic E-state index is 0.663. The molecule has 0 fully saturated rings. The molecule has 0 aromatic rings. The topological polar surface area (TPSA) is 0 Å². The Balaban J connectivity index is 3.20. The molecule has 0 saturated carbocycles. The van der Waals surface area contributed by atoms with Gasteiger partial charge in [-0.3, -0.25) is 0 Å². The summed E-state index contributed by atoms with van der Waals surface area (Å²) in [5.74, 6) is 0.663. The number of unbranched alkanes of at least 4 members (excludes halogenated alkanes) is 1. The van der Waals surface area contributed by atoms with E-state index in [2.05, 4.69) is 32.9 Å². The smallest absolute Gasteiger partial charge is 0.0262 e. The minimum atomic E-state index is 0.663. The number of rotatable bonds is 4. The van der Waals surface area contributed by atoms with Crippen molar-refractivity contribution >= 4 is 0 Å². The second-order valence-corrected chi connectivity index (χ2v) is 2.48. The van der Waals surface area contributed by atoms with Gasteiger partial charge in [-0.25, -0.2) is 0 Å². The second kappa shape index (κ2) is 5.87. The van der Waals surface area contributed by atoms with E-state index >= 15 is 0 Å². The number of hydrogen-bond donors (Lipinski definition) is 0. The lowest BCUT2D eigenvalue weighted by molar-refractivity contribution is 0.736. The summed E-state index contributed by atoms with van der Waals surface area (Å²) in [6.07, 6.45) is 7.97. The average molecular weight is 125 g/mol. The zero-order valence-electron chi connectivity index (χ0n) is 6.56. The molecule has 0 rings (SSSR count). The zero-order chi connectivity index (χ0) is 7.11. The Kier molecular flexibility index (Phi) is 5.70. The molecule has 0 amide bonds. The Morgan fingerprint density at radius 3 is 2.67 bits per heavy atom. The van der Waals surface area contributed by atoms with Crippen LogP contribution >= 0.6 is 0 Å². The van der Waals surface area contributed by atoms with Crippen molar-refractivity contribution in [3.63, 3.8) is 0 Å².